The smallest absolute Gasteiger partial charge is 0.235 e. The molecule has 1 aromatic carbocycles. The largest absolute Gasteiger partial charge is 0.337 e. The zero-order chi connectivity index (χ0) is 18.4. The van der Waals surface area contributed by atoms with Crippen LogP contribution in [0.5, 0.6) is 0 Å². The molecule has 0 aliphatic heterocycles. The SMILES string of the molecule is Cc1ccc([C@@H](NCC(=O)N[C@@](C)(C#N)C(C)C)c2cccs2)cc1. The third-order valence-electron chi connectivity index (χ3n) is 4.49. The van der Waals surface area contributed by atoms with Crippen molar-refractivity contribution in [1.29, 1.82) is 5.26 Å². The van der Waals surface area contributed by atoms with Gasteiger partial charge in [-0.05, 0) is 36.8 Å². The summed E-state index contributed by atoms with van der Waals surface area (Å²) in [5.41, 5.74) is 1.46. The molecule has 0 unspecified atom stereocenters. The van der Waals surface area contributed by atoms with E-state index in [0.717, 1.165) is 10.4 Å². The standard InChI is InChI=1S/C20H25N3OS/c1-14(2)20(4,13-21)23-18(24)12-22-19(17-6-5-11-25-17)16-9-7-15(3)8-10-16/h5-11,14,19,22H,12H2,1-4H3,(H,23,24)/t19-,20+/m1/s1. The summed E-state index contributed by atoms with van der Waals surface area (Å²) < 4.78 is 0. The first-order valence-corrected chi connectivity index (χ1v) is 9.29. The molecule has 2 aromatic rings. The van der Waals surface area contributed by atoms with Gasteiger partial charge in [0.15, 0.2) is 0 Å². The fourth-order valence-corrected chi connectivity index (χ4v) is 3.25. The van der Waals surface area contributed by atoms with Crippen molar-refractivity contribution in [2.24, 2.45) is 5.92 Å². The van der Waals surface area contributed by atoms with Crippen molar-refractivity contribution in [3.05, 3.63) is 57.8 Å². The van der Waals surface area contributed by atoms with Crippen LogP contribution in [0.1, 0.15) is 42.8 Å². The molecule has 1 heterocycles. The maximum Gasteiger partial charge on any atom is 0.235 e. The van der Waals surface area contributed by atoms with Gasteiger partial charge in [0.2, 0.25) is 5.91 Å². The number of nitriles is 1. The van der Waals surface area contributed by atoms with Crippen molar-refractivity contribution in [3.63, 3.8) is 0 Å². The number of amides is 1. The minimum Gasteiger partial charge on any atom is -0.337 e. The molecule has 5 heteroatoms. The Balaban J connectivity index is 2.10. The first kappa shape index (κ1) is 19.2. The first-order valence-electron chi connectivity index (χ1n) is 8.41. The fourth-order valence-electron chi connectivity index (χ4n) is 2.43. The number of hydrogen-bond acceptors (Lipinski definition) is 4. The van der Waals surface area contributed by atoms with Gasteiger partial charge in [0.05, 0.1) is 18.7 Å². The van der Waals surface area contributed by atoms with Crippen molar-refractivity contribution >= 4 is 17.2 Å². The Kier molecular flexibility index (Phi) is 6.35. The number of aryl methyl sites for hydroxylation is 1. The lowest BCUT2D eigenvalue weighted by Crippen LogP contribution is -2.51. The summed E-state index contributed by atoms with van der Waals surface area (Å²) in [6.45, 7) is 7.82. The van der Waals surface area contributed by atoms with E-state index in [9.17, 15) is 10.1 Å². The van der Waals surface area contributed by atoms with Gasteiger partial charge in [0, 0.05) is 4.88 Å². The quantitative estimate of drug-likeness (QED) is 0.794. The Morgan fingerprint density at radius 2 is 1.96 bits per heavy atom. The van der Waals surface area contributed by atoms with E-state index in [1.165, 1.54) is 5.56 Å². The molecule has 2 atom stereocenters. The average molecular weight is 356 g/mol. The Morgan fingerprint density at radius 3 is 2.48 bits per heavy atom. The third-order valence-corrected chi connectivity index (χ3v) is 5.43. The van der Waals surface area contributed by atoms with Crippen LogP contribution in [0.2, 0.25) is 0 Å². The molecule has 0 saturated heterocycles. The molecule has 2 N–H and O–H groups in total. The number of nitrogens with zero attached hydrogens (tertiary/aromatic N) is 1. The van der Waals surface area contributed by atoms with Crippen LogP contribution in [0.3, 0.4) is 0 Å². The second-order valence-corrected chi connectivity index (χ2v) is 7.74. The number of carbonyl (C=O) groups is 1. The Hall–Kier alpha value is -2.16. The van der Waals surface area contributed by atoms with Gasteiger partial charge in [0.1, 0.15) is 5.54 Å². The Morgan fingerprint density at radius 1 is 1.28 bits per heavy atom. The second kappa shape index (κ2) is 8.28. The van der Waals surface area contributed by atoms with Gasteiger partial charge in [-0.15, -0.1) is 11.3 Å². The van der Waals surface area contributed by atoms with Crippen LogP contribution in [0.25, 0.3) is 0 Å². The predicted molar refractivity (Wildman–Crippen MR) is 102 cm³/mol. The summed E-state index contributed by atoms with van der Waals surface area (Å²) in [7, 11) is 0. The van der Waals surface area contributed by atoms with Gasteiger partial charge < -0.3 is 5.32 Å². The molecule has 1 aromatic heterocycles. The zero-order valence-corrected chi connectivity index (χ0v) is 16.0. The normalized spacial score (nSPS) is 14.6. The monoisotopic (exact) mass is 355 g/mol. The number of nitrogens with one attached hydrogen (secondary N) is 2. The molecule has 0 saturated carbocycles. The van der Waals surface area contributed by atoms with Gasteiger partial charge >= 0.3 is 0 Å². The van der Waals surface area contributed by atoms with Crippen LogP contribution in [-0.2, 0) is 4.79 Å². The van der Waals surface area contributed by atoms with E-state index < -0.39 is 5.54 Å². The number of benzene rings is 1. The molecular formula is C20H25N3OS. The third kappa shape index (κ3) is 4.91. The number of carbonyl (C=O) groups excluding carboxylic acids is 1. The van der Waals surface area contributed by atoms with Gasteiger partial charge in [0.25, 0.3) is 0 Å². The highest BCUT2D eigenvalue weighted by Gasteiger charge is 2.30. The molecular weight excluding hydrogens is 330 g/mol. The summed E-state index contributed by atoms with van der Waals surface area (Å²) >= 11 is 1.66. The Labute approximate surface area is 153 Å². The summed E-state index contributed by atoms with van der Waals surface area (Å²) in [5, 5.41) is 17.6. The molecule has 4 nitrogen and oxygen atoms in total. The molecule has 0 aliphatic rings. The van der Waals surface area contributed by atoms with Crippen molar-refractivity contribution in [2.75, 3.05) is 6.54 Å². The minimum atomic E-state index is -0.860. The molecule has 1 amide bonds. The van der Waals surface area contributed by atoms with E-state index in [0.29, 0.717) is 0 Å². The lowest BCUT2D eigenvalue weighted by Gasteiger charge is -2.28. The summed E-state index contributed by atoms with van der Waals surface area (Å²) in [4.78, 5) is 13.5. The molecule has 0 bridgehead atoms. The van der Waals surface area contributed by atoms with Gasteiger partial charge in [-0.2, -0.15) is 5.26 Å². The number of rotatable bonds is 7. The molecule has 0 aliphatic carbocycles. The van der Waals surface area contributed by atoms with E-state index in [1.54, 1.807) is 18.3 Å². The molecule has 0 spiro atoms. The van der Waals surface area contributed by atoms with E-state index in [1.807, 2.05) is 25.3 Å². The van der Waals surface area contributed by atoms with E-state index in [-0.39, 0.29) is 24.4 Å². The maximum atomic E-state index is 12.4. The van der Waals surface area contributed by atoms with E-state index in [2.05, 4.69) is 54.0 Å². The lowest BCUT2D eigenvalue weighted by molar-refractivity contribution is -0.121. The van der Waals surface area contributed by atoms with Gasteiger partial charge in [-0.3, -0.25) is 10.1 Å². The van der Waals surface area contributed by atoms with Crippen molar-refractivity contribution in [3.8, 4) is 6.07 Å². The van der Waals surface area contributed by atoms with Crippen LogP contribution in [0, 0.1) is 24.2 Å². The highest BCUT2D eigenvalue weighted by atomic mass is 32.1. The van der Waals surface area contributed by atoms with Crippen LogP contribution >= 0.6 is 11.3 Å². The highest BCUT2D eigenvalue weighted by Crippen LogP contribution is 2.26. The summed E-state index contributed by atoms with van der Waals surface area (Å²) in [6, 6.07) is 14.5. The predicted octanol–water partition coefficient (Wildman–Crippen LogP) is 3.79. The van der Waals surface area contributed by atoms with E-state index in [4.69, 9.17) is 0 Å². The van der Waals surface area contributed by atoms with Gasteiger partial charge in [-0.1, -0.05) is 49.7 Å². The van der Waals surface area contributed by atoms with Crippen LogP contribution in [-0.4, -0.2) is 18.0 Å². The topological polar surface area (TPSA) is 64.9 Å². The van der Waals surface area contributed by atoms with Gasteiger partial charge in [-0.25, -0.2) is 0 Å². The van der Waals surface area contributed by atoms with Crippen molar-refractivity contribution in [1.82, 2.24) is 10.6 Å². The number of thiophene rings is 1. The minimum absolute atomic E-state index is 0.0339. The van der Waals surface area contributed by atoms with Crippen molar-refractivity contribution < 1.29 is 4.79 Å². The zero-order valence-electron chi connectivity index (χ0n) is 15.2. The molecule has 0 radical (unpaired) electrons. The number of hydrogen-bond donors (Lipinski definition) is 2. The Bertz CT molecular complexity index is 731. The molecule has 132 valence electrons. The first-order chi connectivity index (χ1) is 11.9. The second-order valence-electron chi connectivity index (χ2n) is 6.76. The van der Waals surface area contributed by atoms with Crippen LogP contribution < -0.4 is 10.6 Å². The highest BCUT2D eigenvalue weighted by molar-refractivity contribution is 7.10. The fraction of sp³-hybridized carbons (Fsp3) is 0.400. The van der Waals surface area contributed by atoms with Crippen LogP contribution in [0.15, 0.2) is 41.8 Å². The summed E-state index contributed by atoms with van der Waals surface area (Å²) in [6.07, 6.45) is 0. The lowest BCUT2D eigenvalue weighted by atomic mass is 9.90. The van der Waals surface area contributed by atoms with Crippen molar-refractivity contribution in [2.45, 2.75) is 39.3 Å². The maximum absolute atomic E-state index is 12.4. The van der Waals surface area contributed by atoms with E-state index >= 15 is 0 Å². The molecule has 2 rings (SSSR count). The summed E-state index contributed by atoms with van der Waals surface area (Å²) in [5.74, 6) is -0.141. The molecule has 0 fully saturated rings. The average Bonchev–Trinajstić information content (AvgIpc) is 3.10. The molecule has 25 heavy (non-hydrogen) atoms. The van der Waals surface area contributed by atoms with Crippen LogP contribution in [0.4, 0.5) is 0 Å².